The van der Waals surface area contributed by atoms with Crippen LogP contribution in [0.5, 0.6) is 0 Å². The molecular weight excluding hydrogens is 156 g/mol. The van der Waals surface area contributed by atoms with Crippen LogP contribution in [0.15, 0.2) is 5.57 Å². The minimum absolute atomic E-state index is 0.749. The summed E-state index contributed by atoms with van der Waals surface area (Å²) in [5.41, 5.74) is 1.07. The summed E-state index contributed by atoms with van der Waals surface area (Å²) < 4.78 is 0. The first-order valence-corrected chi connectivity index (χ1v) is 5.49. The fraction of sp³-hybridized carbons (Fsp3) is 0.846. The van der Waals surface area contributed by atoms with Crippen LogP contribution in [0.25, 0.3) is 0 Å². The Morgan fingerprint density at radius 2 is 1.54 bits per heavy atom. The molecule has 0 N–H and O–H groups in total. The molecule has 1 radical (unpaired) electrons. The van der Waals surface area contributed by atoms with E-state index in [0.717, 1.165) is 29.7 Å². The van der Waals surface area contributed by atoms with E-state index in [1.54, 1.807) is 0 Å². The standard InChI is InChI=1S/C13H25/c1-10(2)7-12(5)9-13(6)8-11(3)4/h1,11-13H,7-9H2,2-6H3. The van der Waals surface area contributed by atoms with E-state index in [4.69, 9.17) is 6.58 Å². The van der Waals surface area contributed by atoms with Gasteiger partial charge in [-0.2, -0.15) is 0 Å². The Kier molecular flexibility index (Phi) is 6.11. The van der Waals surface area contributed by atoms with Gasteiger partial charge >= 0.3 is 0 Å². The Morgan fingerprint density at radius 1 is 1.00 bits per heavy atom. The molecule has 13 heavy (non-hydrogen) atoms. The van der Waals surface area contributed by atoms with Crippen LogP contribution >= 0.6 is 0 Å². The van der Waals surface area contributed by atoms with Crippen molar-refractivity contribution >= 4 is 0 Å². The highest BCUT2D eigenvalue weighted by Gasteiger charge is 2.10. The third-order valence-corrected chi connectivity index (χ3v) is 2.35. The summed E-state index contributed by atoms with van der Waals surface area (Å²) >= 11 is 0. The first-order valence-electron chi connectivity index (χ1n) is 5.49. The molecule has 0 rings (SSSR count). The van der Waals surface area contributed by atoms with Crippen molar-refractivity contribution < 1.29 is 0 Å². The van der Waals surface area contributed by atoms with E-state index >= 15 is 0 Å². The highest BCUT2D eigenvalue weighted by atomic mass is 14.2. The first kappa shape index (κ1) is 12.7. The summed E-state index contributed by atoms with van der Waals surface area (Å²) in [6, 6.07) is 0. The summed E-state index contributed by atoms with van der Waals surface area (Å²) in [6.07, 6.45) is 3.74. The van der Waals surface area contributed by atoms with Crippen molar-refractivity contribution in [2.24, 2.45) is 17.8 Å². The van der Waals surface area contributed by atoms with Gasteiger partial charge in [-0.15, -0.1) is 0 Å². The molecule has 0 aliphatic rings. The van der Waals surface area contributed by atoms with Gasteiger partial charge in [0.05, 0.1) is 0 Å². The fourth-order valence-corrected chi connectivity index (χ4v) is 2.22. The number of hydrogen-bond donors (Lipinski definition) is 0. The predicted octanol–water partition coefficient (Wildman–Crippen LogP) is 4.46. The molecule has 2 atom stereocenters. The van der Waals surface area contributed by atoms with Crippen LogP contribution in [0, 0.1) is 24.3 Å². The number of hydrogen-bond acceptors (Lipinski definition) is 0. The van der Waals surface area contributed by atoms with Crippen LogP contribution in [0.1, 0.15) is 53.9 Å². The van der Waals surface area contributed by atoms with E-state index in [2.05, 4.69) is 27.7 Å². The van der Waals surface area contributed by atoms with E-state index in [1.165, 1.54) is 12.8 Å². The summed E-state index contributed by atoms with van der Waals surface area (Å²) in [4.78, 5) is 0. The molecular formula is C13H25. The summed E-state index contributed by atoms with van der Waals surface area (Å²) in [5.74, 6) is 2.42. The summed E-state index contributed by atoms with van der Waals surface area (Å²) in [5, 5.41) is 0. The Balaban J connectivity index is 3.64. The van der Waals surface area contributed by atoms with Gasteiger partial charge < -0.3 is 0 Å². The second-order valence-electron chi connectivity index (χ2n) is 5.13. The smallest absolute Gasteiger partial charge is 0.0294 e. The van der Waals surface area contributed by atoms with Crippen LogP contribution in [-0.4, -0.2) is 0 Å². The second kappa shape index (κ2) is 6.23. The van der Waals surface area contributed by atoms with Crippen LogP contribution in [0.2, 0.25) is 0 Å². The Bertz CT molecular complexity index is 144. The summed E-state index contributed by atoms with van der Waals surface area (Å²) in [6.45, 7) is 16.9. The maximum absolute atomic E-state index is 5.69. The SMILES string of the molecule is [CH]=C(C)CC(C)CC(C)CC(C)C. The number of allylic oxidation sites excluding steroid dienone is 1. The highest BCUT2D eigenvalue weighted by molar-refractivity contribution is 4.86. The molecule has 0 amide bonds. The molecule has 0 nitrogen and oxygen atoms in total. The lowest BCUT2D eigenvalue weighted by molar-refractivity contribution is 0.353. The van der Waals surface area contributed by atoms with Crippen LogP contribution in [0.3, 0.4) is 0 Å². The van der Waals surface area contributed by atoms with E-state index in [0.29, 0.717) is 0 Å². The topological polar surface area (TPSA) is 0 Å². The van der Waals surface area contributed by atoms with Gasteiger partial charge in [0.25, 0.3) is 0 Å². The second-order valence-corrected chi connectivity index (χ2v) is 5.13. The third kappa shape index (κ3) is 8.08. The summed E-state index contributed by atoms with van der Waals surface area (Å²) in [7, 11) is 0. The zero-order chi connectivity index (χ0) is 10.4. The molecule has 0 aromatic rings. The normalized spacial score (nSPS) is 15.8. The van der Waals surface area contributed by atoms with Gasteiger partial charge in [0.1, 0.15) is 0 Å². The Hall–Kier alpha value is -0.260. The molecule has 0 saturated heterocycles. The van der Waals surface area contributed by atoms with Crippen LogP contribution < -0.4 is 0 Å². The zero-order valence-electron chi connectivity index (χ0n) is 9.93. The van der Waals surface area contributed by atoms with Gasteiger partial charge in [-0.05, 0) is 43.9 Å². The molecule has 0 heterocycles. The van der Waals surface area contributed by atoms with E-state index < -0.39 is 0 Å². The van der Waals surface area contributed by atoms with E-state index in [9.17, 15) is 0 Å². The molecule has 0 spiro atoms. The fourth-order valence-electron chi connectivity index (χ4n) is 2.22. The minimum atomic E-state index is 0.749. The van der Waals surface area contributed by atoms with Crippen molar-refractivity contribution in [3.8, 4) is 0 Å². The Morgan fingerprint density at radius 3 is 1.92 bits per heavy atom. The molecule has 0 aromatic carbocycles. The van der Waals surface area contributed by atoms with Gasteiger partial charge in [0.2, 0.25) is 0 Å². The monoisotopic (exact) mass is 181 g/mol. The van der Waals surface area contributed by atoms with Crippen molar-refractivity contribution in [2.45, 2.75) is 53.9 Å². The van der Waals surface area contributed by atoms with Crippen LogP contribution in [-0.2, 0) is 0 Å². The lowest BCUT2D eigenvalue weighted by Gasteiger charge is -2.18. The van der Waals surface area contributed by atoms with Gasteiger partial charge in [0.15, 0.2) is 0 Å². The molecule has 0 bridgehead atoms. The van der Waals surface area contributed by atoms with Crippen molar-refractivity contribution in [3.63, 3.8) is 0 Å². The van der Waals surface area contributed by atoms with Crippen molar-refractivity contribution in [2.75, 3.05) is 0 Å². The molecule has 0 aliphatic carbocycles. The van der Waals surface area contributed by atoms with Crippen molar-refractivity contribution in [3.05, 3.63) is 12.2 Å². The lowest BCUT2D eigenvalue weighted by atomic mass is 9.88. The molecule has 0 heteroatoms. The lowest BCUT2D eigenvalue weighted by Crippen LogP contribution is -2.06. The van der Waals surface area contributed by atoms with E-state index in [-0.39, 0.29) is 0 Å². The van der Waals surface area contributed by atoms with Gasteiger partial charge in [-0.3, -0.25) is 0 Å². The maximum atomic E-state index is 5.69. The molecule has 0 fully saturated rings. The van der Waals surface area contributed by atoms with Gasteiger partial charge in [-0.1, -0.05) is 39.8 Å². The van der Waals surface area contributed by atoms with Gasteiger partial charge in [0, 0.05) is 0 Å². The molecule has 0 saturated carbocycles. The zero-order valence-corrected chi connectivity index (χ0v) is 9.93. The van der Waals surface area contributed by atoms with Crippen LogP contribution in [0.4, 0.5) is 0 Å². The van der Waals surface area contributed by atoms with E-state index in [1.807, 2.05) is 6.92 Å². The third-order valence-electron chi connectivity index (χ3n) is 2.35. The average molecular weight is 181 g/mol. The number of rotatable bonds is 6. The first-order chi connectivity index (χ1) is 5.91. The minimum Gasteiger partial charge on any atom is -0.0731 e. The molecule has 0 aliphatic heterocycles. The maximum Gasteiger partial charge on any atom is -0.0294 e. The quantitative estimate of drug-likeness (QED) is 0.567. The average Bonchev–Trinajstić information content (AvgIpc) is 1.80. The molecule has 2 unspecified atom stereocenters. The van der Waals surface area contributed by atoms with Crippen molar-refractivity contribution in [1.82, 2.24) is 0 Å². The largest absolute Gasteiger partial charge is 0.0731 e. The van der Waals surface area contributed by atoms with Crippen molar-refractivity contribution in [1.29, 1.82) is 0 Å². The van der Waals surface area contributed by atoms with Gasteiger partial charge in [-0.25, -0.2) is 0 Å². The Labute approximate surface area is 84.4 Å². The molecule has 77 valence electrons. The molecule has 0 aromatic heterocycles. The highest BCUT2D eigenvalue weighted by Crippen LogP contribution is 2.22. The predicted molar refractivity (Wildman–Crippen MR) is 60.5 cm³/mol.